The number of oxime groups is 1. The zero-order valence-electron chi connectivity index (χ0n) is 13.6. The average molecular weight is 349 g/mol. The summed E-state index contributed by atoms with van der Waals surface area (Å²) in [7, 11) is 0. The first-order chi connectivity index (χ1) is 12.6. The Morgan fingerprint density at radius 3 is 2.69 bits per heavy atom. The van der Waals surface area contributed by atoms with Crippen molar-refractivity contribution in [2.24, 2.45) is 5.16 Å². The Labute approximate surface area is 149 Å². The van der Waals surface area contributed by atoms with Crippen LogP contribution in [-0.4, -0.2) is 26.4 Å². The maximum absolute atomic E-state index is 11.0. The molecule has 3 rings (SSSR count). The van der Waals surface area contributed by atoms with Crippen molar-refractivity contribution in [1.29, 1.82) is 0 Å². The number of nitro groups is 1. The highest BCUT2D eigenvalue weighted by atomic mass is 16.6. The summed E-state index contributed by atoms with van der Waals surface area (Å²) >= 11 is 0. The zero-order chi connectivity index (χ0) is 18.5. The van der Waals surface area contributed by atoms with Crippen LogP contribution in [0.5, 0.6) is 5.75 Å². The largest absolute Gasteiger partial charge is 0.507 e. The van der Waals surface area contributed by atoms with Crippen molar-refractivity contribution in [3.8, 4) is 16.9 Å². The summed E-state index contributed by atoms with van der Waals surface area (Å²) in [5.74, 6) is -0.118. The molecular weight excluding hydrogens is 334 g/mol. The number of rotatable bonds is 5. The Bertz CT molecular complexity index is 972. The molecule has 0 fully saturated rings. The number of aromatic hydroxyl groups is 1. The molecule has 0 bridgehead atoms. The normalized spacial score (nSPS) is 10.9. The van der Waals surface area contributed by atoms with Gasteiger partial charge >= 0.3 is 0 Å². The second-order valence-corrected chi connectivity index (χ2v) is 5.63. The lowest BCUT2D eigenvalue weighted by atomic mass is 9.96. The van der Waals surface area contributed by atoms with Crippen LogP contribution in [0.25, 0.3) is 11.1 Å². The number of hydrogen-bond acceptors (Lipinski definition) is 6. The van der Waals surface area contributed by atoms with E-state index >= 15 is 0 Å². The first-order valence-electron chi connectivity index (χ1n) is 7.76. The van der Waals surface area contributed by atoms with Gasteiger partial charge in [0, 0.05) is 41.6 Å². The molecule has 0 radical (unpaired) electrons. The summed E-state index contributed by atoms with van der Waals surface area (Å²) in [4.78, 5) is 14.8. The fourth-order valence-corrected chi connectivity index (χ4v) is 2.70. The monoisotopic (exact) mass is 349 g/mol. The van der Waals surface area contributed by atoms with Crippen molar-refractivity contribution in [2.45, 2.75) is 6.42 Å². The third-order valence-corrected chi connectivity index (χ3v) is 3.88. The summed E-state index contributed by atoms with van der Waals surface area (Å²) in [6, 6.07) is 15.0. The summed E-state index contributed by atoms with van der Waals surface area (Å²) in [6.07, 6.45) is 3.31. The number of nitro benzene ring substituents is 1. The number of phenolic OH excluding ortho intramolecular Hbond substituents is 1. The number of pyridine rings is 1. The van der Waals surface area contributed by atoms with Crippen LogP contribution in [0, 0.1) is 10.1 Å². The van der Waals surface area contributed by atoms with Gasteiger partial charge in [-0.15, -0.1) is 0 Å². The molecule has 1 heterocycles. The number of nitrogens with zero attached hydrogens (tertiary/aromatic N) is 3. The lowest BCUT2D eigenvalue weighted by Crippen LogP contribution is -1.96. The Morgan fingerprint density at radius 2 is 2.00 bits per heavy atom. The van der Waals surface area contributed by atoms with Crippen LogP contribution in [0.1, 0.15) is 16.8 Å². The molecule has 0 amide bonds. The fourth-order valence-electron chi connectivity index (χ4n) is 2.70. The molecular formula is C19H15N3O4. The van der Waals surface area contributed by atoms with E-state index in [1.807, 2.05) is 18.2 Å². The molecule has 0 saturated heterocycles. The first-order valence-corrected chi connectivity index (χ1v) is 7.76. The molecule has 2 N–H and O–H groups in total. The van der Waals surface area contributed by atoms with E-state index in [9.17, 15) is 15.2 Å². The van der Waals surface area contributed by atoms with Crippen molar-refractivity contribution in [1.82, 2.24) is 4.98 Å². The van der Waals surface area contributed by atoms with E-state index in [2.05, 4.69) is 10.1 Å². The summed E-state index contributed by atoms with van der Waals surface area (Å²) in [5, 5.41) is 33.4. The second kappa shape index (κ2) is 7.43. The minimum atomic E-state index is -0.492. The van der Waals surface area contributed by atoms with E-state index < -0.39 is 4.92 Å². The second-order valence-electron chi connectivity index (χ2n) is 5.63. The fraction of sp³-hybridized carbons (Fsp3) is 0.0526. The Balaban J connectivity index is 2.11. The van der Waals surface area contributed by atoms with Gasteiger partial charge in [-0.1, -0.05) is 23.4 Å². The molecule has 7 heteroatoms. The number of benzene rings is 2. The predicted octanol–water partition coefficient (Wildman–Crippen LogP) is 3.76. The lowest BCUT2D eigenvalue weighted by molar-refractivity contribution is -0.384. The number of hydrogen-bond donors (Lipinski definition) is 2. The first kappa shape index (κ1) is 17.1. The SMILES string of the molecule is O=[N+]([O-])c1cccc(-c2cc(Cc3ccccn3)cc(C=NO)c2O)c1. The molecule has 0 aliphatic heterocycles. The van der Waals surface area contributed by atoms with Crippen LogP contribution in [-0.2, 0) is 6.42 Å². The molecule has 0 aliphatic carbocycles. The van der Waals surface area contributed by atoms with Gasteiger partial charge in [-0.3, -0.25) is 15.1 Å². The summed E-state index contributed by atoms with van der Waals surface area (Å²) < 4.78 is 0. The molecule has 26 heavy (non-hydrogen) atoms. The van der Waals surface area contributed by atoms with Crippen molar-refractivity contribution in [3.05, 3.63) is 87.7 Å². The van der Waals surface area contributed by atoms with Crippen LogP contribution in [0.15, 0.2) is 65.9 Å². The van der Waals surface area contributed by atoms with Crippen molar-refractivity contribution < 1.29 is 15.2 Å². The molecule has 0 unspecified atom stereocenters. The van der Waals surface area contributed by atoms with Crippen LogP contribution < -0.4 is 0 Å². The van der Waals surface area contributed by atoms with E-state index in [1.165, 1.54) is 12.1 Å². The Hall–Kier alpha value is -3.74. The van der Waals surface area contributed by atoms with Crippen molar-refractivity contribution >= 4 is 11.9 Å². The number of aromatic nitrogens is 1. The molecule has 130 valence electrons. The van der Waals surface area contributed by atoms with Gasteiger partial charge in [-0.2, -0.15) is 0 Å². The van der Waals surface area contributed by atoms with Gasteiger partial charge in [0.2, 0.25) is 0 Å². The Kier molecular flexibility index (Phi) is 4.89. The van der Waals surface area contributed by atoms with Crippen LogP contribution in [0.4, 0.5) is 5.69 Å². The van der Waals surface area contributed by atoms with Gasteiger partial charge in [-0.25, -0.2) is 0 Å². The lowest BCUT2D eigenvalue weighted by Gasteiger charge is -2.11. The third kappa shape index (κ3) is 3.67. The zero-order valence-corrected chi connectivity index (χ0v) is 13.6. The molecule has 7 nitrogen and oxygen atoms in total. The molecule has 2 aromatic carbocycles. The molecule has 0 saturated carbocycles. The van der Waals surface area contributed by atoms with E-state index in [0.717, 1.165) is 17.5 Å². The highest BCUT2D eigenvalue weighted by Gasteiger charge is 2.14. The maximum Gasteiger partial charge on any atom is 0.270 e. The molecule has 0 aliphatic rings. The standard InChI is InChI=1S/C19H15N3O4/c23-19-15(12-21-24)8-13(9-16-5-1-2-7-20-16)10-18(19)14-4-3-6-17(11-14)22(25)26/h1-8,10-12,23-24H,9H2. The van der Waals surface area contributed by atoms with Gasteiger partial charge in [0.15, 0.2) is 0 Å². The minimum Gasteiger partial charge on any atom is -0.507 e. The van der Waals surface area contributed by atoms with Crippen LogP contribution >= 0.6 is 0 Å². The highest BCUT2D eigenvalue weighted by Crippen LogP contribution is 2.35. The summed E-state index contributed by atoms with van der Waals surface area (Å²) in [5.41, 5.74) is 2.79. The van der Waals surface area contributed by atoms with Gasteiger partial charge in [0.05, 0.1) is 11.1 Å². The van der Waals surface area contributed by atoms with Crippen molar-refractivity contribution in [3.63, 3.8) is 0 Å². The smallest absolute Gasteiger partial charge is 0.270 e. The predicted molar refractivity (Wildman–Crippen MR) is 96.6 cm³/mol. The summed E-state index contributed by atoms with van der Waals surface area (Å²) in [6.45, 7) is 0. The maximum atomic E-state index is 11.0. The van der Waals surface area contributed by atoms with Gasteiger partial charge in [0.25, 0.3) is 5.69 Å². The van der Waals surface area contributed by atoms with E-state index in [4.69, 9.17) is 5.21 Å². The third-order valence-electron chi connectivity index (χ3n) is 3.88. The Morgan fingerprint density at radius 1 is 1.15 bits per heavy atom. The van der Waals surface area contributed by atoms with Gasteiger partial charge < -0.3 is 10.3 Å². The molecule has 0 spiro atoms. The van der Waals surface area contributed by atoms with Crippen LogP contribution in [0.2, 0.25) is 0 Å². The highest BCUT2D eigenvalue weighted by molar-refractivity contribution is 5.89. The average Bonchev–Trinajstić information content (AvgIpc) is 2.65. The number of phenols is 1. The van der Waals surface area contributed by atoms with Crippen molar-refractivity contribution in [2.75, 3.05) is 0 Å². The topological polar surface area (TPSA) is 109 Å². The quantitative estimate of drug-likeness (QED) is 0.315. The number of non-ortho nitro benzene ring substituents is 1. The van der Waals surface area contributed by atoms with E-state index in [-0.39, 0.29) is 11.4 Å². The van der Waals surface area contributed by atoms with Gasteiger partial charge in [-0.05, 0) is 35.4 Å². The van der Waals surface area contributed by atoms with E-state index in [0.29, 0.717) is 23.1 Å². The molecule has 1 aromatic heterocycles. The molecule has 3 aromatic rings. The van der Waals surface area contributed by atoms with Gasteiger partial charge in [0.1, 0.15) is 5.75 Å². The van der Waals surface area contributed by atoms with E-state index in [1.54, 1.807) is 30.5 Å². The molecule has 0 atom stereocenters. The van der Waals surface area contributed by atoms with Crippen LogP contribution in [0.3, 0.4) is 0 Å². The minimum absolute atomic E-state index is 0.0746.